The van der Waals surface area contributed by atoms with Gasteiger partial charge in [-0.05, 0) is 50.1 Å². The Hall–Kier alpha value is -1.10. The third kappa shape index (κ3) is 3.26. The average Bonchev–Trinajstić information content (AvgIpc) is 2.83. The van der Waals surface area contributed by atoms with Crippen LogP contribution in [0.5, 0.6) is 0 Å². The van der Waals surface area contributed by atoms with Gasteiger partial charge in [-0.2, -0.15) is 4.37 Å². The van der Waals surface area contributed by atoms with Crippen LogP contribution >= 0.6 is 11.5 Å². The molecule has 19 heavy (non-hydrogen) atoms. The fourth-order valence-electron chi connectivity index (χ4n) is 2.66. The predicted octanol–water partition coefficient (Wildman–Crippen LogP) is 3.62. The molecule has 4 nitrogen and oxygen atoms in total. The van der Waals surface area contributed by atoms with Crippen LogP contribution < -0.4 is 5.32 Å². The molecule has 1 aromatic rings. The molecule has 1 fully saturated rings. The first-order valence-electron chi connectivity index (χ1n) is 6.83. The standard InChI is InChI=1S/C14H22N2O2S/c1-5-18-13(17)11-9(2)16-19-12(11)15-10-6-7-14(3,4)8-10/h10,15H,5-8H2,1-4H3. The molecule has 1 aromatic heterocycles. The number of carbonyl (C=O) groups excluding carboxylic acids is 1. The van der Waals surface area contributed by atoms with E-state index in [0.717, 1.165) is 23.5 Å². The number of nitrogens with one attached hydrogen (secondary N) is 1. The summed E-state index contributed by atoms with van der Waals surface area (Å²) in [6.07, 6.45) is 3.50. The van der Waals surface area contributed by atoms with E-state index in [1.54, 1.807) is 0 Å². The van der Waals surface area contributed by atoms with E-state index in [1.165, 1.54) is 18.0 Å². The number of hydrogen-bond acceptors (Lipinski definition) is 5. The molecule has 1 aliphatic rings. The number of esters is 1. The van der Waals surface area contributed by atoms with Crippen molar-refractivity contribution in [2.75, 3.05) is 11.9 Å². The van der Waals surface area contributed by atoms with Crippen LogP contribution in [0.25, 0.3) is 0 Å². The molecule has 0 aromatic carbocycles. The second kappa shape index (κ2) is 5.49. The normalized spacial score (nSPS) is 21.4. The summed E-state index contributed by atoms with van der Waals surface area (Å²) in [4.78, 5) is 12.0. The van der Waals surface area contributed by atoms with Crippen LogP contribution in [0.15, 0.2) is 0 Å². The van der Waals surface area contributed by atoms with Gasteiger partial charge in [0.15, 0.2) is 0 Å². The Labute approximate surface area is 118 Å². The third-order valence-corrected chi connectivity index (χ3v) is 4.52. The molecule has 0 saturated heterocycles. The molecule has 0 amide bonds. The Morgan fingerprint density at radius 3 is 2.89 bits per heavy atom. The first kappa shape index (κ1) is 14.3. The molecular weight excluding hydrogens is 260 g/mol. The minimum absolute atomic E-state index is 0.270. The molecule has 1 saturated carbocycles. The number of rotatable bonds is 4. The van der Waals surface area contributed by atoms with Crippen molar-refractivity contribution in [3.8, 4) is 0 Å². The van der Waals surface area contributed by atoms with Gasteiger partial charge in [-0.25, -0.2) is 4.79 Å². The van der Waals surface area contributed by atoms with Crippen molar-refractivity contribution in [2.24, 2.45) is 5.41 Å². The Bertz CT molecular complexity index is 468. The maximum Gasteiger partial charge on any atom is 0.343 e. The molecule has 2 rings (SSSR count). The zero-order valence-electron chi connectivity index (χ0n) is 12.1. The maximum atomic E-state index is 12.0. The summed E-state index contributed by atoms with van der Waals surface area (Å²) in [6, 6.07) is 0.433. The number of anilines is 1. The predicted molar refractivity (Wildman–Crippen MR) is 77.9 cm³/mol. The molecule has 0 radical (unpaired) electrons. The van der Waals surface area contributed by atoms with Gasteiger partial charge in [0.2, 0.25) is 0 Å². The van der Waals surface area contributed by atoms with Gasteiger partial charge in [0, 0.05) is 6.04 Å². The Balaban J connectivity index is 2.11. The van der Waals surface area contributed by atoms with Gasteiger partial charge < -0.3 is 10.1 Å². The molecule has 1 unspecified atom stereocenters. The lowest BCUT2D eigenvalue weighted by Crippen LogP contribution is -2.19. The molecule has 1 atom stereocenters. The van der Waals surface area contributed by atoms with Gasteiger partial charge in [-0.1, -0.05) is 13.8 Å². The molecule has 0 spiro atoms. The zero-order valence-corrected chi connectivity index (χ0v) is 12.9. The summed E-state index contributed by atoms with van der Waals surface area (Å²) >= 11 is 1.36. The van der Waals surface area contributed by atoms with E-state index < -0.39 is 0 Å². The summed E-state index contributed by atoms with van der Waals surface area (Å²) < 4.78 is 9.38. The smallest absolute Gasteiger partial charge is 0.343 e. The summed E-state index contributed by atoms with van der Waals surface area (Å²) in [6.45, 7) is 8.65. The van der Waals surface area contributed by atoms with Crippen LogP contribution in [0, 0.1) is 12.3 Å². The Kier molecular flexibility index (Phi) is 4.13. The lowest BCUT2D eigenvalue weighted by molar-refractivity contribution is 0.0527. The van der Waals surface area contributed by atoms with Crippen molar-refractivity contribution in [1.82, 2.24) is 4.37 Å². The van der Waals surface area contributed by atoms with Crippen molar-refractivity contribution < 1.29 is 9.53 Å². The van der Waals surface area contributed by atoms with Gasteiger partial charge in [-0.3, -0.25) is 0 Å². The summed E-state index contributed by atoms with van der Waals surface area (Å²) in [7, 11) is 0. The van der Waals surface area contributed by atoms with Gasteiger partial charge in [0.25, 0.3) is 0 Å². The second-order valence-electron chi connectivity index (χ2n) is 5.94. The van der Waals surface area contributed by atoms with E-state index in [1.807, 2.05) is 13.8 Å². The molecular formula is C14H22N2O2S. The maximum absolute atomic E-state index is 12.0. The van der Waals surface area contributed by atoms with Crippen molar-refractivity contribution in [1.29, 1.82) is 0 Å². The molecule has 1 aliphatic carbocycles. The minimum Gasteiger partial charge on any atom is -0.462 e. The number of hydrogen-bond donors (Lipinski definition) is 1. The number of ether oxygens (including phenoxy) is 1. The first-order valence-corrected chi connectivity index (χ1v) is 7.60. The van der Waals surface area contributed by atoms with Gasteiger partial charge >= 0.3 is 5.97 Å². The Morgan fingerprint density at radius 1 is 1.58 bits per heavy atom. The van der Waals surface area contributed by atoms with Crippen molar-refractivity contribution >= 4 is 22.5 Å². The van der Waals surface area contributed by atoms with Crippen LogP contribution in [0.2, 0.25) is 0 Å². The van der Waals surface area contributed by atoms with Crippen LogP contribution in [0.4, 0.5) is 5.00 Å². The topological polar surface area (TPSA) is 51.2 Å². The molecule has 106 valence electrons. The van der Waals surface area contributed by atoms with Crippen molar-refractivity contribution in [2.45, 2.75) is 53.0 Å². The molecule has 0 aliphatic heterocycles. The summed E-state index contributed by atoms with van der Waals surface area (Å²) in [5, 5.41) is 4.34. The van der Waals surface area contributed by atoms with E-state index in [0.29, 0.717) is 23.6 Å². The van der Waals surface area contributed by atoms with Gasteiger partial charge in [0.1, 0.15) is 10.6 Å². The quantitative estimate of drug-likeness (QED) is 0.857. The van der Waals surface area contributed by atoms with E-state index in [4.69, 9.17) is 4.74 Å². The summed E-state index contributed by atoms with van der Waals surface area (Å²) in [5.41, 5.74) is 1.75. The SMILES string of the molecule is CCOC(=O)c1c(C)nsc1NC1CCC(C)(C)C1. The van der Waals surface area contributed by atoms with E-state index >= 15 is 0 Å². The molecule has 1 heterocycles. The van der Waals surface area contributed by atoms with E-state index in [2.05, 4.69) is 23.5 Å². The van der Waals surface area contributed by atoms with Crippen molar-refractivity contribution in [3.05, 3.63) is 11.3 Å². The number of carbonyl (C=O) groups is 1. The van der Waals surface area contributed by atoms with Crippen LogP contribution in [-0.2, 0) is 4.74 Å². The highest BCUT2D eigenvalue weighted by atomic mass is 32.1. The highest BCUT2D eigenvalue weighted by molar-refractivity contribution is 7.10. The van der Waals surface area contributed by atoms with Gasteiger partial charge in [-0.15, -0.1) is 0 Å². The second-order valence-corrected chi connectivity index (χ2v) is 6.71. The van der Waals surface area contributed by atoms with Gasteiger partial charge in [0.05, 0.1) is 12.3 Å². The van der Waals surface area contributed by atoms with E-state index in [9.17, 15) is 4.79 Å². The summed E-state index contributed by atoms with van der Waals surface area (Å²) in [5.74, 6) is -0.270. The zero-order chi connectivity index (χ0) is 14.0. The molecule has 0 bridgehead atoms. The van der Waals surface area contributed by atoms with Crippen molar-refractivity contribution in [3.63, 3.8) is 0 Å². The largest absolute Gasteiger partial charge is 0.462 e. The fourth-order valence-corrected chi connectivity index (χ4v) is 3.52. The number of aromatic nitrogens is 1. The highest BCUT2D eigenvalue weighted by Crippen LogP contribution is 2.39. The molecule has 1 N–H and O–H groups in total. The van der Waals surface area contributed by atoms with Crippen LogP contribution in [-0.4, -0.2) is 23.0 Å². The van der Waals surface area contributed by atoms with E-state index in [-0.39, 0.29) is 5.97 Å². The number of nitrogens with zero attached hydrogens (tertiary/aromatic N) is 1. The third-order valence-electron chi connectivity index (χ3n) is 3.65. The highest BCUT2D eigenvalue weighted by Gasteiger charge is 2.32. The lowest BCUT2D eigenvalue weighted by Gasteiger charge is -2.18. The Morgan fingerprint density at radius 2 is 2.32 bits per heavy atom. The monoisotopic (exact) mass is 282 g/mol. The fraction of sp³-hybridized carbons (Fsp3) is 0.714. The van der Waals surface area contributed by atoms with Crippen LogP contribution in [0.3, 0.4) is 0 Å². The minimum atomic E-state index is -0.270. The van der Waals surface area contributed by atoms with Crippen LogP contribution in [0.1, 0.15) is 56.1 Å². The number of aryl methyl sites for hydroxylation is 1. The lowest BCUT2D eigenvalue weighted by atomic mass is 9.92. The molecule has 5 heteroatoms. The first-order chi connectivity index (χ1) is 8.93. The average molecular weight is 282 g/mol.